The predicted molar refractivity (Wildman–Crippen MR) is 51.3 cm³/mol. The number of methoxy groups -OCH3 is 1. The third-order valence-electron chi connectivity index (χ3n) is 1.84. The minimum atomic E-state index is -1.16. The van der Waals surface area contributed by atoms with Crippen molar-refractivity contribution in [3.8, 4) is 0 Å². The highest BCUT2D eigenvalue weighted by Crippen LogP contribution is 2.14. The van der Waals surface area contributed by atoms with Crippen LogP contribution in [0.15, 0.2) is 12.3 Å². The first-order valence-corrected chi connectivity index (χ1v) is 4.48. The summed E-state index contributed by atoms with van der Waals surface area (Å²) in [5.41, 5.74) is 0.122. The van der Waals surface area contributed by atoms with Gasteiger partial charge >= 0.3 is 5.97 Å². The number of carbonyl (C=O) groups is 1. The summed E-state index contributed by atoms with van der Waals surface area (Å²) in [6, 6.07) is 1.33. The minimum Gasteiger partial charge on any atom is -0.479 e. The van der Waals surface area contributed by atoms with Gasteiger partial charge in [0.2, 0.25) is 5.95 Å². The SMILES string of the molecule is COC(Cc1cc(Cl)cnc1F)C(=O)O. The Morgan fingerprint density at radius 2 is 2.47 bits per heavy atom. The van der Waals surface area contributed by atoms with Gasteiger partial charge in [-0.25, -0.2) is 9.78 Å². The number of hydrogen-bond acceptors (Lipinski definition) is 3. The lowest BCUT2D eigenvalue weighted by atomic mass is 10.1. The van der Waals surface area contributed by atoms with E-state index in [1.807, 2.05) is 0 Å². The van der Waals surface area contributed by atoms with E-state index in [2.05, 4.69) is 9.72 Å². The number of aliphatic carboxylic acids is 1. The Morgan fingerprint density at radius 1 is 1.80 bits per heavy atom. The molecule has 0 fully saturated rings. The molecule has 0 radical (unpaired) electrons. The molecule has 1 aromatic heterocycles. The molecule has 4 nitrogen and oxygen atoms in total. The molecule has 0 bridgehead atoms. The second-order valence-corrected chi connectivity index (χ2v) is 3.31. The van der Waals surface area contributed by atoms with Gasteiger partial charge in [-0.05, 0) is 6.07 Å². The molecule has 1 N–H and O–H groups in total. The van der Waals surface area contributed by atoms with Crippen molar-refractivity contribution < 1.29 is 19.0 Å². The molecule has 0 saturated carbocycles. The maximum absolute atomic E-state index is 13.1. The Kier molecular flexibility index (Phi) is 3.99. The molecule has 82 valence electrons. The van der Waals surface area contributed by atoms with Crippen molar-refractivity contribution in [2.45, 2.75) is 12.5 Å². The zero-order valence-electron chi connectivity index (χ0n) is 7.91. The van der Waals surface area contributed by atoms with Gasteiger partial charge in [-0.1, -0.05) is 11.6 Å². The van der Waals surface area contributed by atoms with Crippen molar-refractivity contribution in [1.82, 2.24) is 4.98 Å². The van der Waals surface area contributed by atoms with Crippen LogP contribution in [-0.2, 0) is 16.0 Å². The topological polar surface area (TPSA) is 59.4 Å². The summed E-state index contributed by atoms with van der Waals surface area (Å²) in [5.74, 6) is -1.89. The number of aromatic nitrogens is 1. The van der Waals surface area contributed by atoms with Crippen LogP contribution in [0.1, 0.15) is 5.56 Å². The van der Waals surface area contributed by atoms with Gasteiger partial charge in [0.1, 0.15) is 0 Å². The van der Waals surface area contributed by atoms with E-state index in [4.69, 9.17) is 16.7 Å². The standard InChI is InChI=1S/C9H9ClFNO3/c1-15-7(9(13)14)3-5-2-6(10)4-12-8(5)11/h2,4,7H,3H2,1H3,(H,13,14). The summed E-state index contributed by atoms with van der Waals surface area (Å²) in [6.45, 7) is 0. The zero-order valence-corrected chi connectivity index (χ0v) is 8.66. The van der Waals surface area contributed by atoms with Crippen LogP contribution >= 0.6 is 11.6 Å². The lowest BCUT2D eigenvalue weighted by Crippen LogP contribution is -2.25. The molecule has 1 rings (SSSR count). The third-order valence-corrected chi connectivity index (χ3v) is 2.05. The molecule has 1 atom stereocenters. The average molecular weight is 234 g/mol. The number of hydrogen-bond donors (Lipinski definition) is 1. The number of ether oxygens (including phenoxy) is 1. The van der Waals surface area contributed by atoms with E-state index in [1.54, 1.807) is 0 Å². The number of rotatable bonds is 4. The summed E-state index contributed by atoms with van der Waals surface area (Å²) >= 11 is 5.61. The smallest absolute Gasteiger partial charge is 0.333 e. The van der Waals surface area contributed by atoms with Crippen LogP contribution in [0.4, 0.5) is 4.39 Å². The summed E-state index contributed by atoms with van der Waals surface area (Å²) in [7, 11) is 1.24. The van der Waals surface area contributed by atoms with Gasteiger partial charge in [0.25, 0.3) is 0 Å². The van der Waals surface area contributed by atoms with Crippen molar-refractivity contribution in [1.29, 1.82) is 0 Å². The molecule has 6 heteroatoms. The maximum Gasteiger partial charge on any atom is 0.333 e. The number of carboxylic acids is 1. The monoisotopic (exact) mass is 233 g/mol. The van der Waals surface area contributed by atoms with Crippen molar-refractivity contribution in [2.75, 3.05) is 7.11 Å². The molecule has 0 saturated heterocycles. The van der Waals surface area contributed by atoms with Gasteiger partial charge in [0.15, 0.2) is 6.10 Å². The molecular formula is C9H9ClFNO3. The molecule has 1 aromatic rings. The van der Waals surface area contributed by atoms with Crippen LogP contribution in [0.2, 0.25) is 5.02 Å². The van der Waals surface area contributed by atoms with Gasteiger partial charge in [-0.3, -0.25) is 0 Å². The molecule has 0 aliphatic rings. The van der Waals surface area contributed by atoms with Crippen LogP contribution in [0.25, 0.3) is 0 Å². The minimum absolute atomic E-state index is 0.106. The summed E-state index contributed by atoms with van der Waals surface area (Å²) in [5, 5.41) is 8.95. The Labute approximate surface area is 90.6 Å². The molecule has 0 aliphatic heterocycles. The summed E-state index contributed by atoms with van der Waals surface area (Å²) in [6.07, 6.45) is -0.0476. The molecule has 0 aromatic carbocycles. The quantitative estimate of drug-likeness (QED) is 0.801. The molecular weight excluding hydrogens is 225 g/mol. The zero-order chi connectivity index (χ0) is 11.4. The first-order valence-electron chi connectivity index (χ1n) is 4.10. The highest BCUT2D eigenvalue weighted by atomic mass is 35.5. The largest absolute Gasteiger partial charge is 0.479 e. The highest BCUT2D eigenvalue weighted by Gasteiger charge is 2.19. The normalized spacial score (nSPS) is 12.5. The van der Waals surface area contributed by atoms with Crippen molar-refractivity contribution >= 4 is 17.6 Å². The molecule has 0 amide bonds. The van der Waals surface area contributed by atoms with E-state index in [0.29, 0.717) is 0 Å². The second kappa shape index (κ2) is 5.04. The lowest BCUT2D eigenvalue weighted by Gasteiger charge is -2.10. The average Bonchev–Trinajstić information content (AvgIpc) is 2.18. The third kappa shape index (κ3) is 3.14. The van der Waals surface area contributed by atoms with Crippen LogP contribution in [-0.4, -0.2) is 29.3 Å². The molecule has 1 unspecified atom stereocenters. The Morgan fingerprint density at radius 3 is 3.00 bits per heavy atom. The van der Waals surface area contributed by atoms with Crippen LogP contribution < -0.4 is 0 Å². The van der Waals surface area contributed by atoms with E-state index >= 15 is 0 Å². The second-order valence-electron chi connectivity index (χ2n) is 2.87. The van der Waals surface area contributed by atoms with Gasteiger partial charge in [0, 0.05) is 25.3 Å². The van der Waals surface area contributed by atoms with E-state index < -0.39 is 18.0 Å². The number of nitrogens with zero attached hydrogens (tertiary/aromatic N) is 1. The molecule has 15 heavy (non-hydrogen) atoms. The molecule has 0 spiro atoms. The van der Waals surface area contributed by atoms with Gasteiger partial charge in [0.05, 0.1) is 5.02 Å². The van der Waals surface area contributed by atoms with E-state index in [1.165, 1.54) is 13.2 Å². The van der Waals surface area contributed by atoms with E-state index in [0.717, 1.165) is 6.20 Å². The highest BCUT2D eigenvalue weighted by molar-refractivity contribution is 6.30. The van der Waals surface area contributed by atoms with E-state index in [9.17, 15) is 9.18 Å². The fourth-order valence-corrected chi connectivity index (χ4v) is 1.26. The van der Waals surface area contributed by atoms with Gasteiger partial charge < -0.3 is 9.84 Å². The number of halogens is 2. The number of pyridine rings is 1. The van der Waals surface area contributed by atoms with Crippen LogP contribution in [0, 0.1) is 5.95 Å². The van der Waals surface area contributed by atoms with Crippen molar-refractivity contribution in [2.24, 2.45) is 0 Å². The fraction of sp³-hybridized carbons (Fsp3) is 0.333. The summed E-state index contributed by atoms with van der Waals surface area (Å²) < 4.78 is 17.8. The van der Waals surface area contributed by atoms with Gasteiger partial charge in [-0.2, -0.15) is 4.39 Å². The Hall–Kier alpha value is -1.20. The Balaban J connectivity index is 2.87. The van der Waals surface area contributed by atoms with Crippen molar-refractivity contribution in [3.63, 3.8) is 0 Å². The molecule has 1 heterocycles. The first-order chi connectivity index (χ1) is 7.04. The van der Waals surface area contributed by atoms with Crippen molar-refractivity contribution in [3.05, 3.63) is 28.8 Å². The Bertz CT molecular complexity index is 372. The molecule has 0 aliphatic carbocycles. The first kappa shape index (κ1) is 11.9. The maximum atomic E-state index is 13.1. The van der Waals surface area contributed by atoms with E-state index in [-0.39, 0.29) is 17.0 Å². The number of carboxylic acid groups (broad SMARTS) is 1. The van der Waals surface area contributed by atoms with Gasteiger partial charge in [-0.15, -0.1) is 0 Å². The van der Waals surface area contributed by atoms with Crippen LogP contribution in [0.3, 0.4) is 0 Å². The summed E-state index contributed by atoms with van der Waals surface area (Å²) in [4.78, 5) is 14.0. The lowest BCUT2D eigenvalue weighted by molar-refractivity contribution is -0.148. The predicted octanol–water partition coefficient (Wildman–Crippen LogP) is 1.52. The van der Waals surface area contributed by atoms with Crippen LogP contribution in [0.5, 0.6) is 0 Å². The fourth-order valence-electron chi connectivity index (χ4n) is 1.08.